The van der Waals surface area contributed by atoms with Crippen LogP contribution in [0.2, 0.25) is 0 Å². The molecule has 2 rings (SSSR count). The molecule has 0 amide bonds. The average Bonchev–Trinajstić information content (AvgIpc) is 2.76. The van der Waals surface area contributed by atoms with Crippen molar-refractivity contribution in [2.24, 2.45) is 0 Å². The van der Waals surface area contributed by atoms with E-state index in [4.69, 9.17) is 14.6 Å². The maximum absolute atomic E-state index is 10.9. The van der Waals surface area contributed by atoms with Crippen molar-refractivity contribution in [1.29, 1.82) is 0 Å². The molecule has 0 radical (unpaired) electrons. The van der Waals surface area contributed by atoms with E-state index in [1.165, 1.54) is 6.07 Å². The van der Waals surface area contributed by atoms with Gasteiger partial charge in [-0.1, -0.05) is 56.4 Å². The van der Waals surface area contributed by atoms with Crippen molar-refractivity contribution in [3.8, 4) is 11.5 Å². The van der Waals surface area contributed by atoms with E-state index >= 15 is 0 Å². The Morgan fingerprint density at radius 2 is 1.24 bits per heavy atom. The zero-order chi connectivity index (χ0) is 23.9. The standard InChI is InChI=1S/2C13H16O3.Na/c2*1-3-4-5-9-16-12-8-6-7-11(10(12)2)13(14)15;/h2*4-8H,3,9H2,1-2H3,(H,14,15);/q;;+1/p-1/b2*5-4-;. The first-order valence-corrected chi connectivity index (χ1v) is 10.5. The summed E-state index contributed by atoms with van der Waals surface area (Å²) in [5.74, 6) is -0.887. The van der Waals surface area contributed by atoms with Crippen molar-refractivity contribution >= 4 is 11.9 Å². The summed E-state index contributed by atoms with van der Waals surface area (Å²) in [4.78, 5) is 21.7. The van der Waals surface area contributed by atoms with Crippen molar-refractivity contribution < 1.29 is 58.8 Å². The molecule has 0 unspecified atom stereocenters. The van der Waals surface area contributed by atoms with Gasteiger partial charge in [0.1, 0.15) is 24.7 Å². The molecule has 33 heavy (non-hydrogen) atoms. The van der Waals surface area contributed by atoms with Crippen LogP contribution in [0.15, 0.2) is 60.7 Å². The molecule has 0 fully saturated rings. The Labute approximate surface area is 218 Å². The van der Waals surface area contributed by atoms with Gasteiger partial charge in [-0.15, -0.1) is 0 Å². The van der Waals surface area contributed by atoms with Crippen LogP contribution in [0.1, 0.15) is 58.5 Å². The summed E-state index contributed by atoms with van der Waals surface area (Å²) in [7, 11) is 0. The van der Waals surface area contributed by atoms with Crippen LogP contribution in [0.4, 0.5) is 0 Å². The van der Waals surface area contributed by atoms with E-state index in [9.17, 15) is 14.7 Å². The number of carboxylic acid groups (broad SMARTS) is 2. The first kappa shape index (κ1) is 30.5. The zero-order valence-electron chi connectivity index (χ0n) is 20.1. The van der Waals surface area contributed by atoms with Crippen LogP contribution in [0.3, 0.4) is 0 Å². The molecule has 172 valence electrons. The summed E-state index contributed by atoms with van der Waals surface area (Å²) in [5, 5.41) is 19.7. The van der Waals surface area contributed by atoms with E-state index in [1.807, 2.05) is 38.2 Å². The molecule has 0 heterocycles. The molecule has 0 saturated carbocycles. The molecule has 0 atom stereocenters. The molecule has 0 aliphatic carbocycles. The van der Waals surface area contributed by atoms with Gasteiger partial charge in [0.05, 0.1) is 11.5 Å². The molecule has 0 saturated heterocycles. The van der Waals surface area contributed by atoms with Crippen molar-refractivity contribution in [3.05, 3.63) is 83.0 Å². The second kappa shape index (κ2) is 17.0. The van der Waals surface area contributed by atoms with Gasteiger partial charge in [0.25, 0.3) is 0 Å². The molecule has 0 aliphatic heterocycles. The third-order valence-electron chi connectivity index (χ3n) is 4.49. The van der Waals surface area contributed by atoms with Gasteiger partial charge in [0.2, 0.25) is 0 Å². The normalized spacial score (nSPS) is 10.3. The number of rotatable bonds is 10. The van der Waals surface area contributed by atoms with Crippen LogP contribution < -0.4 is 44.1 Å². The Bertz CT molecular complexity index is 872. The van der Waals surface area contributed by atoms with Crippen molar-refractivity contribution in [3.63, 3.8) is 0 Å². The molecule has 6 nitrogen and oxygen atoms in total. The van der Waals surface area contributed by atoms with Gasteiger partial charge in [-0.25, -0.2) is 4.79 Å². The summed E-state index contributed by atoms with van der Waals surface area (Å²) < 4.78 is 10.9. The first-order chi connectivity index (χ1) is 15.3. The van der Waals surface area contributed by atoms with Crippen LogP contribution in [-0.4, -0.2) is 30.3 Å². The second-order valence-corrected chi connectivity index (χ2v) is 6.83. The summed E-state index contributed by atoms with van der Waals surface area (Å²) >= 11 is 0. The molecule has 0 aliphatic rings. The fourth-order valence-corrected chi connectivity index (χ4v) is 2.74. The van der Waals surface area contributed by atoms with E-state index in [-0.39, 0.29) is 40.7 Å². The number of carbonyl (C=O) groups is 2. The molecule has 0 bridgehead atoms. The number of benzene rings is 2. The van der Waals surface area contributed by atoms with Gasteiger partial charge in [-0.3, -0.25) is 0 Å². The molecule has 2 aromatic carbocycles. The summed E-state index contributed by atoms with van der Waals surface area (Å²) in [6, 6.07) is 9.96. The van der Waals surface area contributed by atoms with Gasteiger partial charge in [-0.2, -0.15) is 0 Å². The minimum absolute atomic E-state index is 0. The quantitative estimate of drug-likeness (QED) is 0.427. The number of hydrogen-bond acceptors (Lipinski definition) is 5. The number of ether oxygens (including phenoxy) is 2. The number of aromatic carboxylic acids is 2. The van der Waals surface area contributed by atoms with Crippen LogP contribution >= 0.6 is 0 Å². The summed E-state index contributed by atoms with van der Waals surface area (Å²) in [6.45, 7) is 8.47. The number of hydrogen-bond donors (Lipinski definition) is 1. The van der Waals surface area contributed by atoms with Crippen LogP contribution in [0.5, 0.6) is 11.5 Å². The average molecular weight is 463 g/mol. The van der Waals surface area contributed by atoms with E-state index in [2.05, 4.69) is 0 Å². The Hall–Kier alpha value is -2.54. The fourth-order valence-electron chi connectivity index (χ4n) is 2.74. The topological polar surface area (TPSA) is 95.9 Å². The predicted molar refractivity (Wildman–Crippen MR) is 123 cm³/mol. The van der Waals surface area contributed by atoms with Gasteiger partial charge >= 0.3 is 35.5 Å². The Morgan fingerprint density at radius 3 is 1.64 bits per heavy atom. The Kier molecular flexibility index (Phi) is 15.7. The van der Waals surface area contributed by atoms with Gasteiger partial charge < -0.3 is 24.5 Å². The maximum atomic E-state index is 10.9. The predicted octanol–water partition coefficient (Wildman–Crippen LogP) is 1.75. The number of allylic oxidation sites excluding steroid dienone is 2. The molecule has 1 N–H and O–H groups in total. The van der Waals surface area contributed by atoms with Crippen molar-refractivity contribution in [1.82, 2.24) is 0 Å². The molecule has 2 aromatic rings. The summed E-state index contributed by atoms with van der Waals surface area (Å²) in [5.41, 5.74) is 1.74. The largest absolute Gasteiger partial charge is 1.00 e. The smallest absolute Gasteiger partial charge is 0.545 e. The molecule has 0 spiro atoms. The van der Waals surface area contributed by atoms with Crippen LogP contribution in [0, 0.1) is 13.8 Å². The Balaban J connectivity index is 0.000000602. The van der Waals surface area contributed by atoms with Crippen molar-refractivity contribution in [2.45, 2.75) is 40.5 Å². The van der Waals surface area contributed by atoms with Crippen LogP contribution in [-0.2, 0) is 0 Å². The van der Waals surface area contributed by atoms with Gasteiger partial charge in [0, 0.05) is 16.7 Å². The van der Waals surface area contributed by atoms with Crippen LogP contribution in [0.25, 0.3) is 0 Å². The molecule has 0 aromatic heterocycles. The number of carboxylic acids is 2. The third kappa shape index (κ3) is 10.7. The van der Waals surface area contributed by atoms with E-state index in [0.717, 1.165) is 12.8 Å². The Morgan fingerprint density at radius 1 is 0.818 bits per heavy atom. The fraction of sp³-hybridized carbons (Fsp3) is 0.308. The van der Waals surface area contributed by atoms with Crippen molar-refractivity contribution in [2.75, 3.05) is 13.2 Å². The number of carbonyl (C=O) groups excluding carboxylic acids is 1. The monoisotopic (exact) mass is 462 g/mol. The molecular weight excluding hydrogens is 431 g/mol. The first-order valence-electron chi connectivity index (χ1n) is 10.5. The van der Waals surface area contributed by atoms with Gasteiger partial charge in [-0.05, 0) is 44.9 Å². The minimum Gasteiger partial charge on any atom is -0.545 e. The zero-order valence-corrected chi connectivity index (χ0v) is 22.1. The summed E-state index contributed by atoms with van der Waals surface area (Å²) in [6.07, 6.45) is 9.77. The maximum Gasteiger partial charge on any atom is 1.00 e. The van der Waals surface area contributed by atoms with E-state index < -0.39 is 11.9 Å². The van der Waals surface area contributed by atoms with Gasteiger partial charge in [0.15, 0.2) is 0 Å². The molecular formula is C26H31NaO6. The second-order valence-electron chi connectivity index (χ2n) is 6.83. The van der Waals surface area contributed by atoms with E-state index in [1.54, 1.807) is 44.2 Å². The molecule has 7 heteroatoms. The third-order valence-corrected chi connectivity index (χ3v) is 4.49. The SMILES string of the molecule is CC/C=C\COc1cccc(C(=O)O)c1C.CC/C=C\COc1cccc(C(=O)[O-])c1C.[Na+]. The minimum atomic E-state index is -1.17. The van der Waals surface area contributed by atoms with E-state index in [0.29, 0.717) is 35.8 Å².